The average Bonchev–Trinajstić information content (AvgIpc) is 3.87. The number of hydrogen-bond acceptors (Lipinski definition) is 1. The van der Waals surface area contributed by atoms with Crippen molar-refractivity contribution >= 4 is 27.8 Å². The predicted octanol–water partition coefficient (Wildman–Crippen LogP) is 17.3. The second-order valence-corrected chi connectivity index (χ2v) is 22.0. The van der Waals surface area contributed by atoms with Crippen molar-refractivity contribution in [2.45, 2.75) is 68.1 Å². The third-order valence-electron chi connectivity index (χ3n) is 19.8. The Bertz CT molecular complexity index is 3510. The van der Waals surface area contributed by atoms with Crippen LogP contribution in [0.1, 0.15) is 96.2 Å². The number of benzene rings is 9. The second kappa shape index (κ2) is 14.1. The minimum absolute atomic E-state index is 0.103. The van der Waals surface area contributed by atoms with Crippen LogP contribution >= 0.6 is 0 Å². The first-order chi connectivity index (χ1) is 34.2. The summed E-state index contributed by atoms with van der Waals surface area (Å²) in [4.78, 5) is 2.71. The number of hydrogen-bond donors (Lipinski definition) is 0. The van der Waals surface area contributed by atoms with Crippen LogP contribution in [0, 0.1) is 29.1 Å². The lowest BCUT2D eigenvalue weighted by atomic mass is 9.11. The van der Waals surface area contributed by atoms with Crippen LogP contribution in [0.4, 0.5) is 17.1 Å². The molecule has 7 aliphatic carbocycles. The summed E-state index contributed by atoms with van der Waals surface area (Å²) in [6, 6.07) is 80.0. The molecule has 0 bridgehead atoms. The van der Waals surface area contributed by atoms with Crippen LogP contribution in [0.15, 0.2) is 206 Å². The van der Waals surface area contributed by atoms with Crippen molar-refractivity contribution in [3.05, 3.63) is 245 Å². The number of nitrogens with zero attached hydrogens (tertiary/aromatic N) is 1. The van der Waals surface area contributed by atoms with E-state index in [4.69, 9.17) is 0 Å². The fourth-order valence-electron chi connectivity index (χ4n) is 17.4. The Hall–Kier alpha value is -6.96. The summed E-state index contributed by atoms with van der Waals surface area (Å²) in [7, 11) is 0. The summed E-state index contributed by atoms with van der Waals surface area (Å²) in [6.07, 6.45) is 10.8. The molecule has 9 aromatic carbocycles. The fraction of sp³-hybridized carbons (Fsp3) is 0.235. The molecule has 0 heterocycles. The monoisotopic (exact) mass is 885 g/mol. The van der Waals surface area contributed by atoms with E-state index >= 15 is 0 Å². The molecule has 69 heavy (non-hydrogen) atoms. The zero-order valence-electron chi connectivity index (χ0n) is 39.1. The number of rotatable bonds is 7. The smallest absolute Gasteiger partial charge is 0.0714 e. The quantitative estimate of drug-likeness (QED) is 0.154. The van der Waals surface area contributed by atoms with Crippen LogP contribution in [-0.2, 0) is 10.8 Å². The van der Waals surface area contributed by atoms with Gasteiger partial charge in [0.25, 0.3) is 0 Å². The van der Waals surface area contributed by atoms with Crippen molar-refractivity contribution in [1.82, 2.24) is 0 Å². The normalized spacial score (nSPS) is 25.7. The number of fused-ring (bicyclic) bond motifs is 11. The van der Waals surface area contributed by atoms with E-state index in [0.717, 1.165) is 23.7 Å². The van der Waals surface area contributed by atoms with Gasteiger partial charge < -0.3 is 4.90 Å². The van der Waals surface area contributed by atoms with Gasteiger partial charge in [-0.2, -0.15) is 0 Å². The molecule has 4 unspecified atom stereocenters. The van der Waals surface area contributed by atoms with E-state index in [1.165, 1.54) is 140 Å². The summed E-state index contributed by atoms with van der Waals surface area (Å²) >= 11 is 0. The second-order valence-electron chi connectivity index (χ2n) is 22.0. The highest BCUT2D eigenvalue weighted by molar-refractivity contribution is 6.05. The first kappa shape index (κ1) is 38.9. The molecule has 9 aromatic rings. The molecular weight excluding hydrogens is 831 g/mol. The minimum Gasteiger partial charge on any atom is -0.309 e. The molecule has 1 nitrogen and oxygen atoms in total. The van der Waals surface area contributed by atoms with E-state index in [0.29, 0.717) is 11.3 Å². The Morgan fingerprint density at radius 3 is 1.72 bits per heavy atom. The molecule has 0 saturated heterocycles. The van der Waals surface area contributed by atoms with Crippen molar-refractivity contribution in [2.75, 3.05) is 4.90 Å². The Morgan fingerprint density at radius 1 is 0.406 bits per heavy atom. The van der Waals surface area contributed by atoms with Crippen molar-refractivity contribution in [3.63, 3.8) is 0 Å². The van der Waals surface area contributed by atoms with Gasteiger partial charge in [0.15, 0.2) is 0 Å². The van der Waals surface area contributed by atoms with E-state index in [1.54, 1.807) is 11.1 Å². The molecule has 5 saturated carbocycles. The van der Waals surface area contributed by atoms with E-state index in [9.17, 15) is 0 Å². The lowest BCUT2D eigenvalue weighted by Crippen LogP contribution is -2.88. The SMILES string of the molecule is c1ccc(C2(c3ccccc3)c3ccccc3-c3c(N(c4ccc5c(c4)C4(c6ccccc6-5)C5CC6CC7CC4C675)c4ccccc4-c4cccc5cccc(C6CCCCC6)c45)cccc32)cc1. The van der Waals surface area contributed by atoms with Crippen LogP contribution in [0.25, 0.3) is 44.2 Å². The first-order valence-corrected chi connectivity index (χ1v) is 26.2. The summed E-state index contributed by atoms with van der Waals surface area (Å²) < 4.78 is 0. The van der Waals surface area contributed by atoms with Gasteiger partial charge in [-0.25, -0.2) is 0 Å². The fourth-order valence-corrected chi connectivity index (χ4v) is 17.4. The van der Waals surface area contributed by atoms with Gasteiger partial charge in [0, 0.05) is 22.2 Å². The largest absolute Gasteiger partial charge is 0.309 e. The first-order valence-electron chi connectivity index (χ1n) is 26.2. The Balaban J connectivity index is 0.982. The van der Waals surface area contributed by atoms with Gasteiger partial charge in [0.2, 0.25) is 0 Å². The molecule has 0 radical (unpaired) electrons. The minimum atomic E-state index is -0.506. The van der Waals surface area contributed by atoms with E-state index in [-0.39, 0.29) is 5.41 Å². The Labute approximate surface area is 406 Å². The van der Waals surface area contributed by atoms with E-state index < -0.39 is 5.41 Å². The molecule has 16 rings (SSSR count). The van der Waals surface area contributed by atoms with E-state index in [1.807, 2.05) is 0 Å². The van der Waals surface area contributed by atoms with Gasteiger partial charge in [-0.3, -0.25) is 0 Å². The molecule has 2 spiro atoms. The summed E-state index contributed by atoms with van der Waals surface area (Å²) in [5, 5.41) is 2.77. The lowest BCUT2D eigenvalue weighted by molar-refractivity contribution is -0.412. The Morgan fingerprint density at radius 2 is 0.986 bits per heavy atom. The van der Waals surface area contributed by atoms with Gasteiger partial charge in [-0.05, 0) is 163 Å². The zero-order chi connectivity index (χ0) is 45.1. The number of para-hydroxylation sites is 1. The van der Waals surface area contributed by atoms with Crippen molar-refractivity contribution < 1.29 is 0 Å². The molecule has 332 valence electrons. The average molecular weight is 886 g/mol. The lowest BCUT2D eigenvalue weighted by Gasteiger charge is -2.92. The molecule has 7 aliphatic rings. The maximum atomic E-state index is 2.71. The standard InChI is InChI=1S/C68H55N/c1-4-19-43(20-5-1)50-30-16-21-44-22-17-31-54(64(44)50)53-28-12-15-35-60(53)69(49-37-38-52-51-27-10-13-32-56(51)68(59(52)42-49)62-40-47-39-48-41-63(68)67(47,48)62)61-36-18-34-58-65(61)55-29-11-14-33-57(55)66(58,45-23-6-2-7-24-45)46-25-8-3-9-26-46/h2-3,6-18,21-38,42-43,47-48,62-63H,1,4-5,19-20,39-41H2. The Kier molecular flexibility index (Phi) is 7.94. The molecule has 0 aliphatic heterocycles. The topological polar surface area (TPSA) is 3.24 Å². The predicted molar refractivity (Wildman–Crippen MR) is 284 cm³/mol. The van der Waals surface area contributed by atoms with E-state index in [2.05, 4.69) is 211 Å². The van der Waals surface area contributed by atoms with Crippen LogP contribution < -0.4 is 4.90 Å². The van der Waals surface area contributed by atoms with Crippen LogP contribution in [-0.4, -0.2) is 0 Å². The highest BCUT2D eigenvalue weighted by Gasteiger charge is 2.90. The molecule has 0 N–H and O–H groups in total. The molecular formula is C68H55N. The van der Waals surface area contributed by atoms with Gasteiger partial charge in [0.1, 0.15) is 0 Å². The summed E-state index contributed by atoms with van der Waals surface area (Å²) in [6.45, 7) is 0. The third kappa shape index (κ3) is 4.69. The molecule has 0 aromatic heterocycles. The third-order valence-corrected chi connectivity index (χ3v) is 19.8. The maximum Gasteiger partial charge on any atom is 0.0714 e. The van der Waals surface area contributed by atoms with Gasteiger partial charge >= 0.3 is 0 Å². The van der Waals surface area contributed by atoms with Crippen molar-refractivity contribution in [2.24, 2.45) is 29.1 Å². The van der Waals surface area contributed by atoms with Crippen LogP contribution in [0.2, 0.25) is 0 Å². The number of anilines is 3. The highest BCUT2D eigenvalue weighted by atomic mass is 15.1. The van der Waals surface area contributed by atoms with Gasteiger partial charge in [-0.15, -0.1) is 0 Å². The van der Waals surface area contributed by atoms with Crippen molar-refractivity contribution in [3.8, 4) is 33.4 Å². The summed E-state index contributed by atoms with van der Waals surface area (Å²) in [5.41, 5.74) is 22.1. The van der Waals surface area contributed by atoms with Gasteiger partial charge in [0.05, 0.1) is 16.8 Å². The highest BCUT2D eigenvalue weighted by Crippen LogP contribution is 2.95. The molecule has 4 atom stereocenters. The van der Waals surface area contributed by atoms with Crippen LogP contribution in [0.3, 0.4) is 0 Å². The van der Waals surface area contributed by atoms with Crippen molar-refractivity contribution in [1.29, 1.82) is 0 Å². The zero-order valence-corrected chi connectivity index (χ0v) is 39.1. The maximum absolute atomic E-state index is 2.71. The molecule has 5 fully saturated rings. The van der Waals surface area contributed by atoms with Crippen LogP contribution in [0.5, 0.6) is 0 Å². The van der Waals surface area contributed by atoms with Gasteiger partial charge in [-0.1, -0.05) is 201 Å². The molecule has 1 heteroatoms. The molecule has 0 amide bonds. The summed E-state index contributed by atoms with van der Waals surface area (Å²) in [5.74, 6) is 4.01.